The van der Waals surface area contributed by atoms with Crippen molar-refractivity contribution >= 4 is 28.9 Å². The molecule has 2 fully saturated rings. The molecule has 1 aliphatic heterocycles. The van der Waals surface area contributed by atoms with Crippen molar-refractivity contribution in [3.8, 4) is 28.3 Å². The predicted octanol–water partition coefficient (Wildman–Crippen LogP) is 4.44. The van der Waals surface area contributed by atoms with Gasteiger partial charge in [-0.1, -0.05) is 12.1 Å². The Bertz CT molecular complexity index is 1700. The molecule has 6 rings (SSSR count). The van der Waals surface area contributed by atoms with Crippen molar-refractivity contribution in [1.82, 2.24) is 29.6 Å². The zero-order chi connectivity index (χ0) is 29.1. The van der Waals surface area contributed by atoms with Crippen molar-refractivity contribution < 1.29 is 23.5 Å². The number of halogens is 1. The van der Waals surface area contributed by atoms with Gasteiger partial charge in [-0.25, -0.2) is 24.1 Å². The van der Waals surface area contributed by atoms with Crippen molar-refractivity contribution in [1.29, 1.82) is 0 Å². The fourth-order valence-electron chi connectivity index (χ4n) is 5.46. The number of pyridine rings is 1. The van der Waals surface area contributed by atoms with Gasteiger partial charge in [-0.05, 0) is 45.2 Å². The number of aryl methyl sites for hydroxylation is 1. The highest BCUT2D eigenvalue weighted by Crippen LogP contribution is 2.58. The van der Waals surface area contributed by atoms with E-state index < -0.39 is 22.9 Å². The Balaban J connectivity index is 1.34. The first-order valence-corrected chi connectivity index (χ1v) is 13.3. The number of piperidine rings is 1. The average Bonchev–Trinajstić information content (AvgIpc) is 3.27. The van der Waals surface area contributed by atoms with Crippen molar-refractivity contribution in [2.24, 2.45) is 18.4 Å². The number of carbonyl (C=O) groups excluding carboxylic acids is 2. The Morgan fingerprint density at radius 2 is 1.93 bits per heavy atom. The maximum Gasteiger partial charge on any atom is 0.410 e. The topological polar surface area (TPSA) is 124 Å². The maximum atomic E-state index is 14.8. The quantitative estimate of drug-likeness (QED) is 0.381. The summed E-state index contributed by atoms with van der Waals surface area (Å²) in [6, 6.07) is 8.06. The first-order valence-electron chi connectivity index (χ1n) is 13.3. The van der Waals surface area contributed by atoms with Gasteiger partial charge < -0.3 is 19.7 Å². The molecule has 1 saturated heterocycles. The fraction of sp³-hybridized carbons (Fsp3) is 0.379. The molecule has 2 aliphatic rings. The van der Waals surface area contributed by atoms with Crippen LogP contribution in [0.1, 0.15) is 27.2 Å². The highest BCUT2D eigenvalue weighted by atomic mass is 19.1. The van der Waals surface area contributed by atoms with Gasteiger partial charge in [0.25, 0.3) is 0 Å². The van der Waals surface area contributed by atoms with Crippen LogP contribution in [0.4, 0.5) is 15.0 Å². The van der Waals surface area contributed by atoms with Gasteiger partial charge in [0.1, 0.15) is 34.7 Å². The van der Waals surface area contributed by atoms with Gasteiger partial charge in [-0.2, -0.15) is 5.10 Å². The molecule has 1 aliphatic carbocycles. The highest BCUT2D eigenvalue weighted by molar-refractivity contribution is 6.01. The van der Waals surface area contributed by atoms with Gasteiger partial charge in [0.05, 0.1) is 18.0 Å². The minimum absolute atomic E-state index is 0.0408. The van der Waals surface area contributed by atoms with E-state index in [1.807, 2.05) is 20.8 Å². The van der Waals surface area contributed by atoms with Crippen LogP contribution < -0.4 is 10.1 Å². The van der Waals surface area contributed by atoms with Gasteiger partial charge in [0.2, 0.25) is 5.91 Å². The molecule has 3 aromatic heterocycles. The molecule has 12 heteroatoms. The van der Waals surface area contributed by atoms with E-state index in [4.69, 9.17) is 14.5 Å². The van der Waals surface area contributed by atoms with Crippen LogP contribution in [0.3, 0.4) is 0 Å². The summed E-state index contributed by atoms with van der Waals surface area (Å²) >= 11 is 0. The van der Waals surface area contributed by atoms with Crippen LogP contribution in [0, 0.1) is 17.2 Å². The van der Waals surface area contributed by atoms with E-state index in [1.54, 1.807) is 47.1 Å². The molecule has 2 amide bonds. The summed E-state index contributed by atoms with van der Waals surface area (Å²) in [6.45, 7) is 6.16. The fourth-order valence-corrected chi connectivity index (χ4v) is 5.46. The summed E-state index contributed by atoms with van der Waals surface area (Å²) in [5.74, 6) is -0.0898. The minimum Gasteiger partial charge on any atom is -0.493 e. The molecule has 1 saturated carbocycles. The van der Waals surface area contributed by atoms with Gasteiger partial charge in [0.15, 0.2) is 11.6 Å². The second-order valence-corrected chi connectivity index (χ2v) is 11.5. The molecule has 4 heterocycles. The highest BCUT2D eigenvalue weighted by Gasteiger charge is 2.66. The maximum absolute atomic E-state index is 14.8. The van der Waals surface area contributed by atoms with E-state index in [9.17, 15) is 14.0 Å². The van der Waals surface area contributed by atoms with E-state index in [2.05, 4.69) is 20.4 Å². The van der Waals surface area contributed by atoms with Crippen LogP contribution in [-0.2, 0) is 16.6 Å². The number of rotatable bonds is 5. The van der Waals surface area contributed by atoms with Crippen molar-refractivity contribution in [2.45, 2.75) is 32.8 Å². The molecule has 2 unspecified atom stereocenters. The molecule has 1 N–H and O–H groups in total. The second-order valence-electron chi connectivity index (χ2n) is 11.5. The van der Waals surface area contributed by atoms with Gasteiger partial charge in [0, 0.05) is 43.5 Å². The Morgan fingerprint density at radius 1 is 1.15 bits per heavy atom. The molecule has 0 radical (unpaired) electrons. The molecule has 0 bridgehead atoms. The number of benzene rings is 1. The Hall–Kier alpha value is -4.61. The SMILES string of the molecule is COc1cc2ncnc(-c3cn(C)nc3-c3ccccc3F)c2nc1NC(=O)C12CC1CN(C(=O)OC(C)(C)C)C2. The third-order valence-electron chi connectivity index (χ3n) is 7.49. The van der Waals surface area contributed by atoms with Crippen LogP contribution in [0.5, 0.6) is 5.75 Å². The molecule has 11 nitrogen and oxygen atoms in total. The van der Waals surface area contributed by atoms with Gasteiger partial charge in [-0.15, -0.1) is 0 Å². The van der Waals surface area contributed by atoms with Crippen molar-refractivity contribution in [2.75, 3.05) is 25.5 Å². The lowest BCUT2D eigenvalue weighted by Gasteiger charge is -2.26. The summed E-state index contributed by atoms with van der Waals surface area (Å²) in [5.41, 5.74) is 1.25. The molecule has 0 spiro atoms. The first-order chi connectivity index (χ1) is 19.5. The summed E-state index contributed by atoms with van der Waals surface area (Å²) in [5, 5.41) is 7.43. The van der Waals surface area contributed by atoms with Crippen molar-refractivity contribution in [3.63, 3.8) is 0 Å². The number of nitrogens with zero attached hydrogens (tertiary/aromatic N) is 6. The third kappa shape index (κ3) is 4.72. The summed E-state index contributed by atoms with van der Waals surface area (Å²) in [7, 11) is 3.23. The van der Waals surface area contributed by atoms with Crippen molar-refractivity contribution in [3.05, 3.63) is 48.7 Å². The lowest BCUT2D eigenvalue weighted by atomic mass is 10.0. The normalized spacial score (nSPS) is 19.7. The zero-order valence-corrected chi connectivity index (χ0v) is 23.4. The van der Waals surface area contributed by atoms with E-state index in [-0.39, 0.29) is 24.2 Å². The summed E-state index contributed by atoms with van der Waals surface area (Å²) in [6.07, 6.45) is 3.38. The number of anilines is 1. The number of carbonyl (C=O) groups is 2. The third-order valence-corrected chi connectivity index (χ3v) is 7.49. The molecular formula is C29H30FN7O4. The van der Waals surface area contributed by atoms with E-state index in [0.717, 1.165) is 0 Å². The number of ether oxygens (including phenoxy) is 2. The largest absolute Gasteiger partial charge is 0.493 e. The predicted molar refractivity (Wildman–Crippen MR) is 148 cm³/mol. The smallest absolute Gasteiger partial charge is 0.410 e. The summed E-state index contributed by atoms with van der Waals surface area (Å²) < 4.78 is 27.4. The number of fused-ring (bicyclic) bond motifs is 2. The molecular weight excluding hydrogens is 529 g/mol. The Kier molecular flexibility index (Phi) is 6.16. The number of hydrogen-bond donors (Lipinski definition) is 1. The lowest BCUT2D eigenvalue weighted by Crippen LogP contribution is -2.39. The number of methoxy groups -OCH3 is 1. The molecule has 4 aromatic rings. The minimum atomic E-state index is -0.712. The van der Waals surface area contributed by atoms with E-state index in [1.165, 1.54) is 19.5 Å². The molecule has 2 atom stereocenters. The number of likely N-dealkylation sites (tertiary alicyclic amines) is 1. The van der Waals surface area contributed by atoms with E-state index >= 15 is 0 Å². The Labute approximate surface area is 235 Å². The molecule has 212 valence electrons. The van der Waals surface area contributed by atoms with Crippen LogP contribution in [0.15, 0.2) is 42.9 Å². The molecule has 41 heavy (non-hydrogen) atoms. The number of hydrogen-bond acceptors (Lipinski definition) is 8. The Morgan fingerprint density at radius 3 is 2.66 bits per heavy atom. The monoisotopic (exact) mass is 559 g/mol. The van der Waals surface area contributed by atoms with Crippen LogP contribution in [-0.4, -0.2) is 67.4 Å². The standard InChI is InChI=1S/C29H30FN7O4/c1-28(2,3)41-27(39)37-12-16-11-29(16,14-37)26(38)34-25-21(40-5)10-20-24(33-25)23(32-15-31-20)18-13-36(4)35-22(18)17-8-6-7-9-19(17)30/h6-10,13,15-16H,11-12,14H2,1-5H3,(H,33,34,38). The van der Waals surface area contributed by atoms with Crippen LogP contribution in [0.25, 0.3) is 33.5 Å². The second kappa shape index (κ2) is 9.50. The number of amides is 2. The zero-order valence-electron chi connectivity index (χ0n) is 23.4. The molecule has 1 aromatic carbocycles. The average molecular weight is 560 g/mol. The number of aromatic nitrogens is 5. The lowest BCUT2D eigenvalue weighted by molar-refractivity contribution is -0.121. The number of nitrogens with one attached hydrogen (secondary N) is 1. The summed E-state index contributed by atoms with van der Waals surface area (Å²) in [4.78, 5) is 41.4. The van der Waals surface area contributed by atoms with E-state index in [0.29, 0.717) is 52.3 Å². The van der Waals surface area contributed by atoms with Crippen LogP contribution in [0.2, 0.25) is 0 Å². The first kappa shape index (κ1) is 26.6. The van der Waals surface area contributed by atoms with Gasteiger partial charge >= 0.3 is 6.09 Å². The van der Waals surface area contributed by atoms with Crippen LogP contribution >= 0.6 is 0 Å². The van der Waals surface area contributed by atoms with Gasteiger partial charge in [-0.3, -0.25) is 9.48 Å².